The second kappa shape index (κ2) is 6.78. The van der Waals surface area contributed by atoms with E-state index in [0.29, 0.717) is 0 Å². The molecular weight excluding hydrogens is 278 g/mol. The third-order valence-corrected chi connectivity index (χ3v) is 3.88. The van der Waals surface area contributed by atoms with E-state index in [2.05, 4.69) is 5.32 Å². The average molecular weight is 294 g/mol. The standard InChI is InChI=1S/C11H16F2N2O3S/c1-18-7-8(6-14)15-9-4-2-3-5-10(9)19(16,17)11(12)13/h2-5,8,11,15H,6-7,14H2,1H3. The lowest BCUT2D eigenvalue weighted by molar-refractivity contribution is 0.187. The van der Waals surface area contributed by atoms with Crippen molar-refractivity contribution in [1.29, 1.82) is 0 Å². The highest BCUT2D eigenvalue weighted by Gasteiger charge is 2.29. The Hall–Kier alpha value is -1.25. The van der Waals surface area contributed by atoms with Crippen molar-refractivity contribution in [3.8, 4) is 0 Å². The topological polar surface area (TPSA) is 81.4 Å². The van der Waals surface area contributed by atoms with Crippen molar-refractivity contribution in [2.24, 2.45) is 5.73 Å². The van der Waals surface area contributed by atoms with Crippen molar-refractivity contribution >= 4 is 15.5 Å². The van der Waals surface area contributed by atoms with Crippen molar-refractivity contribution in [2.75, 3.05) is 25.6 Å². The molecule has 5 nitrogen and oxygen atoms in total. The minimum atomic E-state index is -4.65. The summed E-state index contributed by atoms with van der Waals surface area (Å²) < 4.78 is 53.1. The molecule has 0 saturated carbocycles. The van der Waals surface area contributed by atoms with Crippen LogP contribution in [0.3, 0.4) is 0 Å². The van der Waals surface area contributed by atoms with Gasteiger partial charge in [-0.25, -0.2) is 8.42 Å². The number of anilines is 1. The number of nitrogens with one attached hydrogen (secondary N) is 1. The zero-order valence-corrected chi connectivity index (χ0v) is 11.2. The van der Waals surface area contributed by atoms with Gasteiger partial charge in [0.2, 0.25) is 9.84 Å². The predicted molar refractivity (Wildman–Crippen MR) is 68.0 cm³/mol. The molecule has 3 N–H and O–H groups in total. The van der Waals surface area contributed by atoms with Gasteiger partial charge >= 0.3 is 5.76 Å². The molecule has 0 radical (unpaired) electrons. The predicted octanol–water partition coefficient (Wildman–Crippen LogP) is 1.07. The van der Waals surface area contributed by atoms with E-state index in [1.165, 1.54) is 19.2 Å². The molecule has 0 bridgehead atoms. The van der Waals surface area contributed by atoms with Crippen molar-refractivity contribution < 1.29 is 21.9 Å². The molecule has 1 atom stereocenters. The van der Waals surface area contributed by atoms with E-state index >= 15 is 0 Å². The Morgan fingerprint density at radius 3 is 2.53 bits per heavy atom. The lowest BCUT2D eigenvalue weighted by Gasteiger charge is -2.19. The van der Waals surface area contributed by atoms with Gasteiger partial charge in [0.1, 0.15) is 0 Å². The maximum absolute atomic E-state index is 12.6. The number of rotatable bonds is 7. The summed E-state index contributed by atoms with van der Waals surface area (Å²) in [6.45, 7) is 0.413. The van der Waals surface area contributed by atoms with Gasteiger partial charge in [0.25, 0.3) is 0 Å². The van der Waals surface area contributed by atoms with Crippen molar-refractivity contribution in [3.63, 3.8) is 0 Å². The lowest BCUT2D eigenvalue weighted by Crippen LogP contribution is -2.33. The molecule has 0 fully saturated rings. The lowest BCUT2D eigenvalue weighted by atomic mass is 10.2. The summed E-state index contributed by atoms with van der Waals surface area (Å²) in [5.41, 5.74) is 5.58. The number of sulfone groups is 1. The van der Waals surface area contributed by atoms with E-state index in [1.807, 2.05) is 0 Å². The second-order valence-corrected chi connectivity index (χ2v) is 5.72. The molecule has 0 aliphatic carbocycles. The van der Waals surface area contributed by atoms with Gasteiger partial charge in [0.05, 0.1) is 23.2 Å². The van der Waals surface area contributed by atoms with Gasteiger partial charge < -0.3 is 15.8 Å². The van der Waals surface area contributed by atoms with E-state index < -0.39 is 20.5 Å². The molecule has 1 rings (SSSR count). The monoisotopic (exact) mass is 294 g/mol. The molecule has 0 heterocycles. The van der Waals surface area contributed by atoms with Gasteiger partial charge in [0, 0.05) is 13.7 Å². The number of alkyl halides is 2. The zero-order chi connectivity index (χ0) is 14.5. The van der Waals surface area contributed by atoms with Crippen LogP contribution in [0.15, 0.2) is 29.2 Å². The maximum Gasteiger partial charge on any atom is 0.341 e. The fraction of sp³-hybridized carbons (Fsp3) is 0.455. The SMILES string of the molecule is COCC(CN)Nc1ccccc1S(=O)(=O)C(F)F. The first-order valence-corrected chi connectivity index (χ1v) is 7.04. The Bertz CT molecular complexity index is 508. The molecule has 108 valence electrons. The third kappa shape index (κ3) is 3.85. The number of para-hydroxylation sites is 1. The van der Waals surface area contributed by atoms with E-state index in [0.717, 1.165) is 6.07 Å². The molecule has 1 aromatic carbocycles. The molecule has 0 aromatic heterocycles. The largest absolute Gasteiger partial charge is 0.383 e. The number of nitrogens with two attached hydrogens (primary N) is 1. The summed E-state index contributed by atoms with van der Waals surface area (Å²) in [4.78, 5) is -0.445. The van der Waals surface area contributed by atoms with Gasteiger partial charge in [-0.15, -0.1) is 0 Å². The van der Waals surface area contributed by atoms with Crippen LogP contribution in [0.5, 0.6) is 0 Å². The van der Waals surface area contributed by atoms with E-state index in [9.17, 15) is 17.2 Å². The summed E-state index contributed by atoms with van der Waals surface area (Å²) in [6.07, 6.45) is 0. The van der Waals surface area contributed by atoms with Crippen LogP contribution in [0.1, 0.15) is 0 Å². The minimum absolute atomic E-state index is 0.0929. The van der Waals surface area contributed by atoms with E-state index in [4.69, 9.17) is 10.5 Å². The summed E-state index contributed by atoms with van der Waals surface area (Å²) in [5.74, 6) is -3.46. The van der Waals surface area contributed by atoms with Gasteiger partial charge in [-0.05, 0) is 12.1 Å². The van der Waals surface area contributed by atoms with Crippen LogP contribution in [0.4, 0.5) is 14.5 Å². The van der Waals surface area contributed by atoms with Gasteiger partial charge in [-0.2, -0.15) is 8.78 Å². The van der Waals surface area contributed by atoms with Crippen molar-refractivity contribution in [2.45, 2.75) is 16.7 Å². The van der Waals surface area contributed by atoms with Crippen LogP contribution < -0.4 is 11.1 Å². The minimum Gasteiger partial charge on any atom is -0.383 e. The fourth-order valence-electron chi connectivity index (χ4n) is 1.52. The molecular formula is C11H16F2N2O3S. The first-order valence-electron chi connectivity index (χ1n) is 5.50. The summed E-state index contributed by atoms with van der Waals surface area (Å²) in [6, 6.07) is 5.11. The van der Waals surface area contributed by atoms with E-state index in [-0.39, 0.29) is 24.9 Å². The Labute approximate surface area is 110 Å². The number of benzene rings is 1. The highest BCUT2D eigenvalue weighted by Crippen LogP contribution is 2.26. The summed E-state index contributed by atoms with van der Waals surface area (Å²) >= 11 is 0. The molecule has 19 heavy (non-hydrogen) atoms. The van der Waals surface area contributed by atoms with Crippen LogP contribution in [-0.4, -0.2) is 40.5 Å². The highest BCUT2D eigenvalue weighted by atomic mass is 32.2. The Balaban J connectivity index is 3.09. The molecule has 0 spiro atoms. The number of ether oxygens (including phenoxy) is 1. The fourth-order valence-corrected chi connectivity index (χ4v) is 2.41. The maximum atomic E-state index is 12.6. The molecule has 0 amide bonds. The molecule has 0 aliphatic heterocycles. The van der Waals surface area contributed by atoms with Crippen molar-refractivity contribution in [3.05, 3.63) is 24.3 Å². The van der Waals surface area contributed by atoms with Crippen molar-refractivity contribution in [1.82, 2.24) is 0 Å². The smallest absolute Gasteiger partial charge is 0.341 e. The summed E-state index contributed by atoms with van der Waals surface area (Å²) in [7, 11) is -3.19. The second-order valence-electron chi connectivity index (χ2n) is 3.83. The van der Waals surface area contributed by atoms with Crippen LogP contribution >= 0.6 is 0 Å². The third-order valence-electron chi connectivity index (χ3n) is 2.44. The van der Waals surface area contributed by atoms with E-state index in [1.54, 1.807) is 6.07 Å². The normalized spacial score (nSPS) is 13.5. The molecule has 1 unspecified atom stereocenters. The summed E-state index contributed by atoms with van der Waals surface area (Å²) in [5, 5.41) is 2.80. The number of hydrogen-bond acceptors (Lipinski definition) is 5. The quantitative estimate of drug-likeness (QED) is 0.786. The van der Waals surface area contributed by atoms with Gasteiger partial charge in [0.15, 0.2) is 0 Å². The molecule has 8 heteroatoms. The van der Waals surface area contributed by atoms with Crippen LogP contribution in [0, 0.1) is 0 Å². The number of hydrogen-bond donors (Lipinski definition) is 2. The molecule has 0 saturated heterocycles. The van der Waals surface area contributed by atoms with Gasteiger partial charge in [-0.1, -0.05) is 12.1 Å². The van der Waals surface area contributed by atoms with Crippen LogP contribution in [-0.2, 0) is 14.6 Å². The number of halogens is 2. The highest BCUT2D eigenvalue weighted by molar-refractivity contribution is 7.91. The first-order chi connectivity index (χ1) is 8.93. The zero-order valence-electron chi connectivity index (χ0n) is 10.3. The van der Waals surface area contributed by atoms with Gasteiger partial charge in [-0.3, -0.25) is 0 Å². The average Bonchev–Trinajstić information content (AvgIpc) is 2.38. The molecule has 1 aromatic rings. The first kappa shape index (κ1) is 15.8. The number of methoxy groups -OCH3 is 1. The van der Waals surface area contributed by atoms with Crippen LogP contribution in [0.25, 0.3) is 0 Å². The Morgan fingerprint density at radius 1 is 1.37 bits per heavy atom. The van der Waals surface area contributed by atoms with Crippen LogP contribution in [0.2, 0.25) is 0 Å². The molecule has 0 aliphatic rings. The Morgan fingerprint density at radius 2 is 2.00 bits per heavy atom. The Kier molecular flexibility index (Phi) is 5.64.